The monoisotopic (exact) mass is 571 g/mol. The summed E-state index contributed by atoms with van der Waals surface area (Å²) in [6, 6.07) is 0. The molecule has 2 unspecified atom stereocenters. The highest BCUT2D eigenvalue weighted by Gasteiger charge is 2.15. The molecule has 0 rings (SSSR count). The van der Waals surface area contributed by atoms with E-state index in [1.54, 1.807) is 0 Å². The van der Waals surface area contributed by atoms with E-state index in [1.165, 1.54) is 103 Å². The van der Waals surface area contributed by atoms with Crippen LogP contribution in [0.15, 0.2) is 0 Å². The number of nitrogens with two attached hydrogens (primary N) is 1. The average Bonchev–Trinajstić information content (AvgIpc) is 2.94. The first-order valence-corrected chi connectivity index (χ1v) is 17.8. The molecule has 6 N–H and O–H groups in total. The van der Waals surface area contributed by atoms with Crippen LogP contribution in [0.1, 0.15) is 155 Å². The van der Waals surface area contributed by atoms with Crippen molar-refractivity contribution in [1.29, 1.82) is 0 Å². The summed E-state index contributed by atoms with van der Waals surface area (Å²) in [6.45, 7) is 11.8. The standard InChI is InChI=1S/C34H74N4O2/c1-3-5-7-9-11-13-15-17-23-33(39)31-38(30-22-29-37-27-20-19-26-36-28-21-25-35)32-34(40)24-18-16-14-12-10-8-6-4-2/h33-34,36-37,39-40H,3-32,35H2,1-2H3. The lowest BCUT2D eigenvalue weighted by Gasteiger charge is -2.27. The molecule has 2 atom stereocenters. The van der Waals surface area contributed by atoms with E-state index in [2.05, 4.69) is 29.4 Å². The van der Waals surface area contributed by atoms with Crippen molar-refractivity contribution in [3.8, 4) is 0 Å². The fraction of sp³-hybridized carbons (Fsp3) is 1.00. The minimum atomic E-state index is -0.282. The van der Waals surface area contributed by atoms with Gasteiger partial charge in [-0.25, -0.2) is 0 Å². The van der Waals surface area contributed by atoms with Gasteiger partial charge in [-0.1, -0.05) is 117 Å². The molecule has 0 aromatic heterocycles. The van der Waals surface area contributed by atoms with Crippen molar-refractivity contribution in [2.45, 2.75) is 167 Å². The second-order valence-electron chi connectivity index (χ2n) is 12.3. The number of unbranched alkanes of at least 4 members (excludes halogenated alkanes) is 15. The molecule has 0 fully saturated rings. The van der Waals surface area contributed by atoms with Crippen LogP contribution in [0.3, 0.4) is 0 Å². The van der Waals surface area contributed by atoms with E-state index in [-0.39, 0.29) is 12.2 Å². The lowest BCUT2D eigenvalue weighted by Crippen LogP contribution is -2.39. The maximum absolute atomic E-state index is 10.8. The van der Waals surface area contributed by atoms with Gasteiger partial charge in [0.25, 0.3) is 0 Å². The molecule has 242 valence electrons. The maximum Gasteiger partial charge on any atom is 0.0667 e. The Morgan fingerprint density at radius 3 is 1.30 bits per heavy atom. The number of nitrogens with zero attached hydrogens (tertiary/aromatic N) is 1. The molecule has 6 heteroatoms. The lowest BCUT2D eigenvalue weighted by molar-refractivity contribution is 0.0600. The van der Waals surface area contributed by atoms with Gasteiger partial charge in [0, 0.05) is 13.1 Å². The SMILES string of the molecule is CCCCCCCCCCC(O)CN(CCCNCCCCNCCCN)CC(O)CCCCCCCCCC. The van der Waals surface area contributed by atoms with Gasteiger partial charge < -0.3 is 26.6 Å². The van der Waals surface area contributed by atoms with E-state index >= 15 is 0 Å². The Hall–Kier alpha value is -0.240. The van der Waals surface area contributed by atoms with Crippen LogP contribution in [0.25, 0.3) is 0 Å². The molecule has 0 aliphatic rings. The average molecular weight is 571 g/mol. The number of rotatable bonds is 34. The Bertz CT molecular complexity index is 441. The largest absolute Gasteiger partial charge is 0.392 e. The first-order chi connectivity index (χ1) is 19.6. The number of hydrogen-bond acceptors (Lipinski definition) is 6. The highest BCUT2D eigenvalue weighted by atomic mass is 16.3. The maximum atomic E-state index is 10.8. The zero-order valence-electron chi connectivity index (χ0n) is 27.3. The van der Waals surface area contributed by atoms with Crippen molar-refractivity contribution in [2.24, 2.45) is 5.73 Å². The van der Waals surface area contributed by atoms with Gasteiger partial charge in [0.05, 0.1) is 12.2 Å². The third-order valence-corrected chi connectivity index (χ3v) is 8.06. The third kappa shape index (κ3) is 30.7. The predicted octanol–water partition coefficient (Wildman–Crippen LogP) is 6.77. The lowest BCUT2D eigenvalue weighted by atomic mass is 10.0. The Kier molecular flexibility index (Phi) is 33.1. The molecule has 0 heterocycles. The molecule has 0 amide bonds. The third-order valence-electron chi connectivity index (χ3n) is 8.06. The van der Waals surface area contributed by atoms with Crippen LogP contribution >= 0.6 is 0 Å². The van der Waals surface area contributed by atoms with Crippen molar-refractivity contribution in [3.63, 3.8) is 0 Å². The Balaban J connectivity index is 4.19. The number of aliphatic hydroxyl groups excluding tert-OH is 2. The molecule has 0 aliphatic carbocycles. The predicted molar refractivity (Wildman–Crippen MR) is 176 cm³/mol. The summed E-state index contributed by atoms with van der Waals surface area (Å²) in [5.41, 5.74) is 5.53. The van der Waals surface area contributed by atoms with E-state index in [0.717, 1.165) is 77.8 Å². The topological polar surface area (TPSA) is 93.8 Å². The van der Waals surface area contributed by atoms with Gasteiger partial charge in [0.15, 0.2) is 0 Å². The van der Waals surface area contributed by atoms with E-state index < -0.39 is 0 Å². The van der Waals surface area contributed by atoms with Crippen LogP contribution in [0.2, 0.25) is 0 Å². The summed E-state index contributed by atoms with van der Waals surface area (Å²) in [6.07, 6.45) is 26.5. The van der Waals surface area contributed by atoms with Crippen LogP contribution in [0.4, 0.5) is 0 Å². The minimum absolute atomic E-state index is 0.282. The van der Waals surface area contributed by atoms with Gasteiger partial charge in [-0.05, 0) is 77.8 Å². The Morgan fingerprint density at radius 1 is 0.500 bits per heavy atom. The molecular formula is C34H74N4O2. The number of nitrogens with one attached hydrogen (secondary N) is 2. The van der Waals surface area contributed by atoms with Gasteiger partial charge in [-0.3, -0.25) is 4.90 Å². The van der Waals surface area contributed by atoms with E-state index in [0.29, 0.717) is 13.1 Å². The molecule has 0 bridgehead atoms. The van der Waals surface area contributed by atoms with Crippen LogP contribution in [0, 0.1) is 0 Å². The first kappa shape index (κ1) is 39.8. The molecule has 0 aliphatic heterocycles. The van der Waals surface area contributed by atoms with Crippen molar-refractivity contribution in [2.75, 3.05) is 52.4 Å². The molecule has 6 nitrogen and oxygen atoms in total. The zero-order valence-corrected chi connectivity index (χ0v) is 27.3. The summed E-state index contributed by atoms with van der Waals surface area (Å²) in [5, 5.41) is 28.6. The fourth-order valence-electron chi connectivity index (χ4n) is 5.47. The van der Waals surface area contributed by atoms with Crippen molar-refractivity contribution < 1.29 is 10.2 Å². The van der Waals surface area contributed by atoms with E-state index in [4.69, 9.17) is 5.73 Å². The Labute approximate surface area is 251 Å². The first-order valence-electron chi connectivity index (χ1n) is 17.8. The van der Waals surface area contributed by atoms with Crippen LogP contribution in [0.5, 0.6) is 0 Å². The fourth-order valence-corrected chi connectivity index (χ4v) is 5.47. The second kappa shape index (κ2) is 33.3. The molecule has 0 saturated heterocycles. The molecule has 0 aromatic carbocycles. The Morgan fingerprint density at radius 2 is 0.875 bits per heavy atom. The highest BCUT2D eigenvalue weighted by molar-refractivity contribution is 4.70. The molecule has 0 aromatic rings. The van der Waals surface area contributed by atoms with Crippen LogP contribution in [-0.2, 0) is 0 Å². The van der Waals surface area contributed by atoms with Crippen molar-refractivity contribution in [3.05, 3.63) is 0 Å². The van der Waals surface area contributed by atoms with Gasteiger partial charge in [-0.15, -0.1) is 0 Å². The number of hydrogen-bond donors (Lipinski definition) is 5. The normalized spacial score (nSPS) is 13.3. The minimum Gasteiger partial charge on any atom is -0.392 e. The molecule has 0 radical (unpaired) electrons. The smallest absolute Gasteiger partial charge is 0.0667 e. The van der Waals surface area contributed by atoms with Crippen molar-refractivity contribution >= 4 is 0 Å². The molecular weight excluding hydrogens is 496 g/mol. The molecule has 0 spiro atoms. The number of aliphatic hydroxyl groups is 2. The molecule has 40 heavy (non-hydrogen) atoms. The highest BCUT2D eigenvalue weighted by Crippen LogP contribution is 2.13. The summed E-state index contributed by atoms with van der Waals surface area (Å²) < 4.78 is 0. The van der Waals surface area contributed by atoms with Crippen LogP contribution < -0.4 is 16.4 Å². The van der Waals surface area contributed by atoms with Gasteiger partial charge in [0.2, 0.25) is 0 Å². The van der Waals surface area contributed by atoms with Gasteiger partial charge in [-0.2, -0.15) is 0 Å². The second-order valence-corrected chi connectivity index (χ2v) is 12.3. The molecule has 0 saturated carbocycles. The van der Waals surface area contributed by atoms with Crippen LogP contribution in [-0.4, -0.2) is 79.7 Å². The summed E-state index contributed by atoms with van der Waals surface area (Å²) in [5.74, 6) is 0. The van der Waals surface area contributed by atoms with E-state index in [9.17, 15) is 10.2 Å². The van der Waals surface area contributed by atoms with Gasteiger partial charge in [0.1, 0.15) is 0 Å². The summed E-state index contributed by atoms with van der Waals surface area (Å²) in [4.78, 5) is 2.33. The quantitative estimate of drug-likeness (QED) is 0.0548. The van der Waals surface area contributed by atoms with Crippen molar-refractivity contribution in [1.82, 2.24) is 15.5 Å². The van der Waals surface area contributed by atoms with Gasteiger partial charge >= 0.3 is 0 Å². The van der Waals surface area contributed by atoms with E-state index in [1.807, 2.05) is 0 Å². The summed E-state index contributed by atoms with van der Waals surface area (Å²) in [7, 11) is 0. The zero-order chi connectivity index (χ0) is 29.4. The summed E-state index contributed by atoms with van der Waals surface area (Å²) >= 11 is 0.